The van der Waals surface area contributed by atoms with Crippen molar-refractivity contribution in [1.29, 1.82) is 0 Å². The molecule has 2 aromatic heterocycles. The Morgan fingerprint density at radius 1 is 1.10 bits per heavy atom. The predicted octanol–water partition coefficient (Wildman–Crippen LogP) is 2.91. The van der Waals surface area contributed by atoms with Crippen LogP contribution in [0, 0.1) is 5.92 Å². The Balaban J connectivity index is 1.14. The molecule has 1 aromatic carbocycles. The summed E-state index contributed by atoms with van der Waals surface area (Å²) in [5.41, 5.74) is 2.91. The van der Waals surface area contributed by atoms with Crippen LogP contribution in [-0.4, -0.2) is 61.9 Å². The van der Waals surface area contributed by atoms with Crippen LogP contribution in [0.4, 0.5) is 0 Å². The average molecular weight is 393 g/mol. The number of carbonyl (C=O) groups excluding carboxylic acids is 1. The van der Waals surface area contributed by atoms with Crippen LogP contribution in [0.15, 0.2) is 36.7 Å². The van der Waals surface area contributed by atoms with Gasteiger partial charge in [-0.2, -0.15) is 0 Å². The van der Waals surface area contributed by atoms with E-state index in [1.807, 2.05) is 40.0 Å². The first kappa shape index (κ1) is 18.4. The summed E-state index contributed by atoms with van der Waals surface area (Å²) in [6.45, 7) is 5.78. The Morgan fingerprint density at radius 2 is 1.93 bits per heavy atom. The summed E-state index contributed by atoms with van der Waals surface area (Å²) in [6, 6.07) is 7.90. The zero-order valence-corrected chi connectivity index (χ0v) is 16.8. The molecule has 7 heteroatoms. The maximum absolute atomic E-state index is 12.9. The van der Waals surface area contributed by atoms with Gasteiger partial charge in [-0.05, 0) is 69.0 Å². The van der Waals surface area contributed by atoms with Gasteiger partial charge in [0.05, 0.1) is 5.69 Å². The van der Waals surface area contributed by atoms with Crippen molar-refractivity contribution in [3.8, 4) is 0 Å². The predicted molar refractivity (Wildman–Crippen MR) is 111 cm³/mol. The van der Waals surface area contributed by atoms with E-state index in [2.05, 4.69) is 26.4 Å². The van der Waals surface area contributed by atoms with E-state index in [9.17, 15) is 4.79 Å². The van der Waals surface area contributed by atoms with Crippen molar-refractivity contribution in [3.63, 3.8) is 0 Å². The second-order valence-corrected chi connectivity index (χ2v) is 8.43. The molecule has 2 aliphatic rings. The van der Waals surface area contributed by atoms with Crippen LogP contribution in [-0.2, 0) is 13.1 Å². The highest BCUT2D eigenvalue weighted by Gasteiger charge is 2.24. The van der Waals surface area contributed by atoms with E-state index in [0.717, 1.165) is 61.2 Å². The molecule has 0 aliphatic carbocycles. The van der Waals surface area contributed by atoms with Crippen LogP contribution in [0.1, 0.15) is 41.7 Å². The van der Waals surface area contributed by atoms with Gasteiger partial charge in [-0.15, -0.1) is 5.10 Å². The van der Waals surface area contributed by atoms with Gasteiger partial charge in [-0.1, -0.05) is 5.21 Å². The number of likely N-dealkylation sites (tertiary alicyclic amines) is 2. The molecule has 5 rings (SSSR count). The molecule has 0 unspecified atom stereocenters. The molecular weight excluding hydrogens is 364 g/mol. The molecule has 0 radical (unpaired) electrons. The van der Waals surface area contributed by atoms with Crippen LogP contribution in [0.2, 0.25) is 0 Å². The third-order valence-corrected chi connectivity index (χ3v) is 6.32. The van der Waals surface area contributed by atoms with E-state index in [0.29, 0.717) is 5.92 Å². The second kappa shape index (κ2) is 7.99. The number of nitrogens with one attached hydrogen (secondary N) is 1. The highest BCUT2D eigenvalue weighted by atomic mass is 16.2. The van der Waals surface area contributed by atoms with Gasteiger partial charge in [0.2, 0.25) is 0 Å². The molecule has 4 heterocycles. The smallest absolute Gasteiger partial charge is 0.253 e. The zero-order valence-electron chi connectivity index (χ0n) is 16.8. The van der Waals surface area contributed by atoms with Crippen LogP contribution in [0.25, 0.3) is 10.9 Å². The molecule has 29 heavy (non-hydrogen) atoms. The molecule has 2 aliphatic heterocycles. The maximum atomic E-state index is 12.9. The summed E-state index contributed by atoms with van der Waals surface area (Å²) in [6.07, 6.45) is 8.63. The van der Waals surface area contributed by atoms with Crippen molar-refractivity contribution < 1.29 is 4.79 Å². The number of hydrogen-bond acceptors (Lipinski definition) is 4. The molecule has 0 atom stereocenters. The molecule has 1 amide bonds. The van der Waals surface area contributed by atoms with Crippen LogP contribution in [0.5, 0.6) is 0 Å². The van der Waals surface area contributed by atoms with Gasteiger partial charge in [-0.3, -0.25) is 14.4 Å². The van der Waals surface area contributed by atoms with E-state index in [1.165, 1.54) is 25.9 Å². The summed E-state index contributed by atoms with van der Waals surface area (Å²) in [5.74, 6) is 0.688. The van der Waals surface area contributed by atoms with Crippen molar-refractivity contribution in [2.45, 2.75) is 38.8 Å². The van der Waals surface area contributed by atoms with Crippen molar-refractivity contribution in [1.82, 2.24) is 29.8 Å². The summed E-state index contributed by atoms with van der Waals surface area (Å²) in [5, 5.41) is 9.77. The SMILES string of the molecule is O=C(c1ccc2[nH]ccc2c1)N1CCC(Cn2cc(CN3CCCC3)nn2)CC1. The fourth-order valence-electron chi connectivity index (χ4n) is 4.62. The number of amides is 1. The Bertz CT molecular complexity index is 978. The van der Waals surface area contributed by atoms with E-state index >= 15 is 0 Å². The molecule has 3 aromatic rings. The minimum atomic E-state index is 0.139. The highest BCUT2D eigenvalue weighted by Crippen LogP contribution is 2.22. The normalized spacial score (nSPS) is 18.7. The average Bonchev–Trinajstić information content (AvgIpc) is 3.50. The largest absolute Gasteiger partial charge is 0.361 e. The molecule has 1 N–H and O–H groups in total. The van der Waals surface area contributed by atoms with Gasteiger partial charge in [0, 0.05) is 55.0 Å². The van der Waals surface area contributed by atoms with Gasteiger partial charge >= 0.3 is 0 Å². The van der Waals surface area contributed by atoms with Crippen LogP contribution in [0.3, 0.4) is 0 Å². The number of aromatic nitrogens is 4. The van der Waals surface area contributed by atoms with Gasteiger partial charge in [0.15, 0.2) is 0 Å². The summed E-state index contributed by atoms with van der Waals surface area (Å²) in [4.78, 5) is 20.5. The Morgan fingerprint density at radius 3 is 2.76 bits per heavy atom. The van der Waals surface area contributed by atoms with Gasteiger partial charge in [0.1, 0.15) is 0 Å². The lowest BCUT2D eigenvalue weighted by Gasteiger charge is -2.32. The number of fused-ring (bicyclic) bond motifs is 1. The number of piperidine rings is 1. The summed E-state index contributed by atoms with van der Waals surface area (Å²) in [7, 11) is 0. The number of rotatable bonds is 5. The third kappa shape index (κ3) is 4.05. The fourth-order valence-corrected chi connectivity index (χ4v) is 4.62. The van der Waals surface area contributed by atoms with E-state index in [1.54, 1.807) is 0 Å². The molecule has 0 bridgehead atoms. The zero-order chi connectivity index (χ0) is 19.6. The first-order valence-electron chi connectivity index (χ1n) is 10.7. The van der Waals surface area contributed by atoms with Crippen molar-refractivity contribution >= 4 is 16.8 Å². The van der Waals surface area contributed by atoms with Crippen molar-refractivity contribution in [2.24, 2.45) is 5.92 Å². The number of aromatic amines is 1. The topological polar surface area (TPSA) is 70.1 Å². The van der Waals surface area contributed by atoms with Gasteiger partial charge in [-0.25, -0.2) is 0 Å². The van der Waals surface area contributed by atoms with Crippen LogP contribution >= 0.6 is 0 Å². The third-order valence-electron chi connectivity index (χ3n) is 6.32. The Labute approximate surface area is 170 Å². The molecule has 2 saturated heterocycles. The molecule has 0 saturated carbocycles. The highest BCUT2D eigenvalue weighted by molar-refractivity contribution is 5.98. The minimum Gasteiger partial charge on any atom is -0.361 e. The lowest BCUT2D eigenvalue weighted by atomic mass is 9.96. The number of nitrogens with zero attached hydrogens (tertiary/aromatic N) is 5. The molecule has 2 fully saturated rings. The molecule has 0 spiro atoms. The first-order chi connectivity index (χ1) is 14.2. The van der Waals surface area contributed by atoms with Crippen LogP contribution < -0.4 is 0 Å². The second-order valence-electron chi connectivity index (χ2n) is 8.43. The Hall–Kier alpha value is -2.67. The van der Waals surface area contributed by atoms with Crippen molar-refractivity contribution in [3.05, 3.63) is 47.9 Å². The summed E-state index contributed by atoms with van der Waals surface area (Å²) >= 11 is 0. The van der Waals surface area contributed by atoms with Gasteiger partial charge < -0.3 is 9.88 Å². The molecule has 7 nitrogen and oxygen atoms in total. The molecule has 152 valence electrons. The summed E-state index contributed by atoms with van der Waals surface area (Å²) < 4.78 is 1.99. The number of H-pyrrole nitrogens is 1. The lowest BCUT2D eigenvalue weighted by molar-refractivity contribution is 0.0681. The standard InChI is InChI=1S/C22H28N6O/c29-22(19-3-4-21-18(13-19)5-8-23-21)27-11-6-17(7-12-27)14-28-16-20(24-25-28)15-26-9-1-2-10-26/h3-5,8,13,16-17,23H,1-2,6-7,9-12,14-15H2. The number of hydrogen-bond donors (Lipinski definition) is 1. The lowest BCUT2D eigenvalue weighted by Crippen LogP contribution is -2.39. The first-order valence-corrected chi connectivity index (χ1v) is 10.7. The monoisotopic (exact) mass is 392 g/mol. The number of benzene rings is 1. The minimum absolute atomic E-state index is 0.139. The van der Waals surface area contributed by atoms with Crippen molar-refractivity contribution in [2.75, 3.05) is 26.2 Å². The van der Waals surface area contributed by atoms with Gasteiger partial charge in [0.25, 0.3) is 5.91 Å². The maximum Gasteiger partial charge on any atom is 0.253 e. The molecular formula is C22H28N6O. The Kier molecular flexibility index (Phi) is 5.06. The van der Waals surface area contributed by atoms with E-state index in [4.69, 9.17) is 0 Å². The van der Waals surface area contributed by atoms with E-state index < -0.39 is 0 Å². The van der Waals surface area contributed by atoms with E-state index in [-0.39, 0.29) is 5.91 Å². The number of carbonyl (C=O) groups is 1. The fraction of sp³-hybridized carbons (Fsp3) is 0.500. The quantitative estimate of drug-likeness (QED) is 0.725.